The van der Waals surface area contributed by atoms with Crippen molar-refractivity contribution in [3.05, 3.63) is 0 Å². The maximum Gasteiger partial charge on any atom is 0.234 e. The normalized spacial score (nSPS) is 19.4. The van der Waals surface area contributed by atoms with Crippen molar-refractivity contribution < 1.29 is 14.6 Å². The van der Waals surface area contributed by atoms with Crippen molar-refractivity contribution >= 4 is 5.91 Å². The summed E-state index contributed by atoms with van der Waals surface area (Å²) in [5, 5.41) is 15.2. The molecule has 6 nitrogen and oxygen atoms in total. The lowest BCUT2D eigenvalue weighted by atomic mass is 10.3. The summed E-state index contributed by atoms with van der Waals surface area (Å²) in [5.74, 6) is -0.0444. The molecule has 1 atom stereocenters. The van der Waals surface area contributed by atoms with Gasteiger partial charge in [-0.1, -0.05) is 0 Å². The van der Waals surface area contributed by atoms with Gasteiger partial charge in [-0.05, 0) is 0 Å². The molecule has 3 N–H and O–H groups in total. The fraction of sp³-hybridized carbons (Fsp3) is 0.900. The maximum atomic E-state index is 11.5. The third-order valence-corrected chi connectivity index (χ3v) is 2.47. The number of rotatable bonds is 6. The van der Waals surface area contributed by atoms with E-state index in [1.165, 1.54) is 7.11 Å². The van der Waals surface area contributed by atoms with Crippen LogP contribution in [-0.2, 0) is 9.53 Å². The highest BCUT2D eigenvalue weighted by Crippen LogP contribution is 1.91. The summed E-state index contributed by atoms with van der Waals surface area (Å²) in [6, 6.07) is 0. The van der Waals surface area contributed by atoms with Gasteiger partial charge >= 0.3 is 0 Å². The second-order valence-corrected chi connectivity index (χ2v) is 3.94. The number of carbonyl (C=O) groups excluding carboxylic acids is 1. The lowest BCUT2D eigenvalue weighted by Crippen LogP contribution is -2.48. The zero-order valence-corrected chi connectivity index (χ0v) is 9.74. The van der Waals surface area contributed by atoms with Crippen LogP contribution in [0, 0.1) is 0 Å². The van der Waals surface area contributed by atoms with Gasteiger partial charge in [-0.15, -0.1) is 0 Å². The minimum absolute atomic E-state index is 0.0444. The molecule has 0 bridgehead atoms. The quantitative estimate of drug-likeness (QED) is 0.494. The molecule has 1 aliphatic rings. The number of aliphatic hydroxyl groups excluding tert-OH is 1. The number of methoxy groups -OCH3 is 1. The minimum Gasteiger partial charge on any atom is -0.389 e. The van der Waals surface area contributed by atoms with E-state index < -0.39 is 6.10 Å². The fourth-order valence-corrected chi connectivity index (χ4v) is 1.61. The Morgan fingerprint density at radius 2 is 2.25 bits per heavy atom. The van der Waals surface area contributed by atoms with Crippen molar-refractivity contribution in [2.24, 2.45) is 0 Å². The van der Waals surface area contributed by atoms with E-state index in [-0.39, 0.29) is 19.1 Å². The lowest BCUT2D eigenvalue weighted by Gasteiger charge is -2.26. The van der Waals surface area contributed by atoms with Gasteiger partial charge in [0, 0.05) is 39.8 Å². The molecular weight excluding hydrogens is 210 g/mol. The van der Waals surface area contributed by atoms with E-state index in [4.69, 9.17) is 4.74 Å². The maximum absolute atomic E-state index is 11.5. The fourth-order valence-electron chi connectivity index (χ4n) is 1.61. The Morgan fingerprint density at radius 3 is 2.88 bits per heavy atom. The van der Waals surface area contributed by atoms with Gasteiger partial charge in [0.15, 0.2) is 0 Å². The summed E-state index contributed by atoms with van der Waals surface area (Å²) in [6.07, 6.45) is -0.628. The molecule has 1 amide bonds. The van der Waals surface area contributed by atoms with E-state index in [9.17, 15) is 9.90 Å². The second kappa shape index (κ2) is 7.56. The Labute approximate surface area is 95.9 Å². The second-order valence-electron chi connectivity index (χ2n) is 3.94. The molecule has 1 saturated heterocycles. The number of hydrogen-bond acceptors (Lipinski definition) is 5. The van der Waals surface area contributed by atoms with Gasteiger partial charge < -0.3 is 20.5 Å². The molecule has 0 saturated carbocycles. The number of aliphatic hydroxyl groups is 1. The Bertz CT molecular complexity index is 207. The SMILES string of the molecule is COCC(O)CNC(=O)CN1CCNCC1. The zero-order valence-electron chi connectivity index (χ0n) is 9.74. The molecule has 1 fully saturated rings. The van der Waals surface area contributed by atoms with Crippen molar-refractivity contribution in [2.45, 2.75) is 6.10 Å². The average Bonchev–Trinajstić information content (AvgIpc) is 2.28. The topological polar surface area (TPSA) is 73.8 Å². The largest absolute Gasteiger partial charge is 0.389 e. The van der Waals surface area contributed by atoms with Crippen LogP contribution in [0.1, 0.15) is 0 Å². The van der Waals surface area contributed by atoms with Crippen molar-refractivity contribution in [1.82, 2.24) is 15.5 Å². The lowest BCUT2D eigenvalue weighted by molar-refractivity contribution is -0.123. The van der Waals surface area contributed by atoms with Crippen molar-refractivity contribution in [2.75, 3.05) is 53.0 Å². The Balaban J connectivity index is 2.10. The van der Waals surface area contributed by atoms with E-state index in [1.54, 1.807) is 0 Å². The van der Waals surface area contributed by atoms with Gasteiger partial charge in [-0.3, -0.25) is 9.69 Å². The molecule has 16 heavy (non-hydrogen) atoms. The number of nitrogens with one attached hydrogen (secondary N) is 2. The van der Waals surface area contributed by atoms with Crippen LogP contribution >= 0.6 is 0 Å². The highest BCUT2D eigenvalue weighted by molar-refractivity contribution is 5.78. The molecule has 0 spiro atoms. The van der Waals surface area contributed by atoms with Gasteiger partial charge in [0.25, 0.3) is 0 Å². The molecule has 1 aliphatic heterocycles. The van der Waals surface area contributed by atoms with E-state index in [0.29, 0.717) is 6.54 Å². The van der Waals surface area contributed by atoms with Crippen molar-refractivity contribution in [3.8, 4) is 0 Å². The summed E-state index contributed by atoms with van der Waals surface area (Å²) in [6.45, 7) is 4.55. The summed E-state index contributed by atoms with van der Waals surface area (Å²) < 4.78 is 4.77. The van der Waals surface area contributed by atoms with Crippen LogP contribution in [-0.4, -0.2) is 75.0 Å². The van der Waals surface area contributed by atoms with Crippen LogP contribution < -0.4 is 10.6 Å². The molecule has 0 aromatic carbocycles. The smallest absolute Gasteiger partial charge is 0.234 e. The van der Waals surface area contributed by atoms with Crippen LogP contribution in [0.25, 0.3) is 0 Å². The van der Waals surface area contributed by atoms with E-state index in [1.807, 2.05) is 0 Å². The van der Waals surface area contributed by atoms with Crippen LogP contribution in [0.4, 0.5) is 0 Å². The van der Waals surface area contributed by atoms with Crippen LogP contribution in [0.15, 0.2) is 0 Å². The van der Waals surface area contributed by atoms with Crippen molar-refractivity contribution in [3.63, 3.8) is 0 Å². The zero-order chi connectivity index (χ0) is 11.8. The number of nitrogens with zero attached hydrogens (tertiary/aromatic N) is 1. The molecule has 0 aromatic rings. The predicted molar refractivity (Wildman–Crippen MR) is 60.2 cm³/mol. The summed E-state index contributed by atoms with van der Waals surface area (Å²) in [4.78, 5) is 13.6. The average molecular weight is 231 g/mol. The molecule has 1 rings (SSSR count). The Hall–Kier alpha value is -0.690. The highest BCUT2D eigenvalue weighted by Gasteiger charge is 2.13. The van der Waals surface area contributed by atoms with Gasteiger partial charge in [0.1, 0.15) is 0 Å². The standard InChI is InChI=1S/C10H21N3O3/c1-16-8-9(14)6-12-10(15)7-13-4-2-11-3-5-13/h9,11,14H,2-8H2,1H3,(H,12,15). The molecule has 0 aromatic heterocycles. The van der Waals surface area contributed by atoms with E-state index in [0.717, 1.165) is 26.2 Å². The molecule has 1 unspecified atom stereocenters. The van der Waals surface area contributed by atoms with Crippen LogP contribution in [0.3, 0.4) is 0 Å². The molecule has 1 heterocycles. The highest BCUT2D eigenvalue weighted by atomic mass is 16.5. The molecule has 94 valence electrons. The summed E-state index contributed by atoms with van der Waals surface area (Å²) in [7, 11) is 1.52. The molecule has 0 aliphatic carbocycles. The van der Waals surface area contributed by atoms with Gasteiger partial charge in [-0.2, -0.15) is 0 Å². The number of carbonyl (C=O) groups is 1. The number of ether oxygens (including phenoxy) is 1. The number of piperazine rings is 1. The summed E-state index contributed by atoms with van der Waals surface area (Å²) in [5.41, 5.74) is 0. The third-order valence-electron chi connectivity index (χ3n) is 2.47. The first-order valence-electron chi connectivity index (χ1n) is 5.59. The first kappa shape index (κ1) is 13.4. The van der Waals surface area contributed by atoms with Gasteiger partial charge in [0.05, 0.1) is 19.3 Å². The number of hydrogen-bond donors (Lipinski definition) is 3. The molecule has 6 heteroatoms. The molecule has 0 radical (unpaired) electrons. The number of amides is 1. The summed E-state index contributed by atoms with van der Waals surface area (Å²) >= 11 is 0. The Kier molecular flexibility index (Phi) is 6.32. The van der Waals surface area contributed by atoms with E-state index in [2.05, 4.69) is 15.5 Å². The Morgan fingerprint density at radius 1 is 1.56 bits per heavy atom. The first-order chi connectivity index (χ1) is 7.72. The van der Waals surface area contributed by atoms with Gasteiger partial charge in [-0.25, -0.2) is 0 Å². The van der Waals surface area contributed by atoms with Crippen molar-refractivity contribution in [1.29, 1.82) is 0 Å². The first-order valence-corrected chi connectivity index (χ1v) is 5.59. The van der Waals surface area contributed by atoms with Crippen LogP contribution in [0.2, 0.25) is 0 Å². The monoisotopic (exact) mass is 231 g/mol. The minimum atomic E-state index is -0.628. The van der Waals surface area contributed by atoms with Gasteiger partial charge in [0.2, 0.25) is 5.91 Å². The van der Waals surface area contributed by atoms with E-state index >= 15 is 0 Å². The molecular formula is C10H21N3O3. The third kappa shape index (κ3) is 5.41. The van der Waals surface area contributed by atoms with Crippen LogP contribution in [0.5, 0.6) is 0 Å². The predicted octanol–water partition coefficient (Wildman–Crippen LogP) is -1.98.